The number of benzene rings is 2. The smallest absolute Gasteiger partial charge is 0.270 e. The average Bonchev–Trinajstić information content (AvgIpc) is 3.20. The van der Waals surface area contributed by atoms with Crippen molar-refractivity contribution in [3.63, 3.8) is 0 Å². The van der Waals surface area contributed by atoms with Crippen LogP contribution in [0.25, 0.3) is 10.8 Å². The van der Waals surface area contributed by atoms with Crippen molar-refractivity contribution in [3.8, 4) is 0 Å². The minimum absolute atomic E-state index is 0.0513. The van der Waals surface area contributed by atoms with E-state index in [0.717, 1.165) is 0 Å². The van der Waals surface area contributed by atoms with Crippen LogP contribution in [0.5, 0.6) is 0 Å². The van der Waals surface area contributed by atoms with Crippen LogP contribution in [0, 0.1) is 10.1 Å². The van der Waals surface area contributed by atoms with Gasteiger partial charge in [-0.15, -0.1) is 0 Å². The summed E-state index contributed by atoms with van der Waals surface area (Å²) in [6.07, 6.45) is 5.73. The van der Waals surface area contributed by atoms with Gasteiger partial charge in [0.2, 0.25) is 0 Å². The van der Waals surface area contributed by atoms with E-state index in [9.17, 15) is 19.7 Å². The van der Waals surface area contributed by atoms with Gasteiger partial charge in [-0.2, -0.15) is 0 Å². The number of hydrogen-bond acceptors (Lipinski definition) is 5. The lowest BCUT2D eigenvalue weighted by atomic mass is 9.93. The molecule has 0 saturated carbocycles. The van der Waals surface area contributed by atoms with Gasteiger partial charge in [0.1, 0.15) is 0 Å². The average molecular weight is 364 g/mol. The van der Waals surface area contributed by atoms with E-state index in [1.807, 2.05) is 17.7 Å². The van der Waals surface area contributed by atoms with Crippen LogP contribution in [0.2, 0.25) is 0 Å². The second-order valence-corrected chi connectivity index (χ2v) is 6.56. The predicted molar refractivity (Wildman–Crippen MR) is 97.5 cm³/mol. The first-order valence-corrected chi connectivity index (χ1v) is 8.52. The monoisotopic (exact) mass is 364 g/mol. The highest BCUT2D eigenvalue weighted by molar-refractivity contribution is 6.25. The van der Waals surface area contributed by atoms with Crippen molar-refractivity contribution in [2.75, 3.05) is 6.54 Å². The second kappa shape index (κ2) is 6.31. The number of aromatic nitrogens is 2. The molecule has 136 valence electrons. The van der Waals surface area contributed by atoms with Gasteiger partial charge in [-0.25, -0.2) is 4.98 Å². The van der Waals surface area contributed by atoms with E-state index < -0.39 is 10.8 Å². The molecule has 2 heterocycles. The lowest BCUT2D eigenvalue weighted by Gasteiger charge is -2.28. The Labute approximate surface area is 154 Å². The van der Waals surface area contributed by atoms with E-state index >= 15 is 0 Å². The molecule has 27 heavy (non-hydrogen) atoms. The lowest BCUT2D eigenvalue weighted by Crippen LogP contribution is -2.41. The van der Waals surface area contributed by atoms with Crippen LogP contribution in [0.3, 0.4) is 0 Å². The van der Waals surface area contributed by atoms with Crippen LogP contribution >= 0.6 is 0 Å². The van der Waals surface area contributed by atoms with Crippen molar-refractivity contribution >= 4 is 28.3 Å². The molecule has 0 bridgehead atoms. The number of amides is 2. The number of imidazole rings is 1. The van der Waals surface area contributed by atoms with Crippen LogP contribution in [0.15, 0.2) is 49.1 Å². The van der Waals surface area contributed by atoms with Gasteiger partial charge in [0, 0.05) is 48.1 Å². The van der Waals surface area contributed by atoms with Gasteiger partial charge in [0.15, 0.2) is 0 Å². The number of nitrogens with zero attached hydrogens (tertiary/aromatic N) is 4. The number of hydrogen-bond donors (Lipinski definition) is 0. The Morgan fingerprint density at radius 2 is 1.96 bits per heavy atom. The summed E-state index contributed by atoms with van der Waals surface area (Å²) in [6, 6.07) is 7.69. The van der Waals surface area contributed by atoms with Crippen molar-refractivity contribution in [2.24, 2.45) is 0 Å². The Kier molecular flexibility index (Phi) is 3.95. The lowest BCUT2D eigenvalue weighted by molar-refractivity contribution is -0.384. The van der Waals surface area contributed by atoms with Gasteiger partial charge in [-0.1, -0.05) is 12.1 Å². The fourth-order valence-electron chi connectivity index (χ4n) is 3.45. The number of rotatable bonds is 5. The molecule has 1 atom stereocenters. The van der Waals surface area contributed by atoms with Gasteiger partial charge in [0.25, 0.3) is 17.5 Å². The van der Waals surface area contributed by atoms with E-state index in [2.05, 4.69) is 4.98 Å². The van der Waals surface area contributed by atoms with E-state index in [1.165, 1.54) is 17.0 Å². The van der Waals surface area contributed by atoms with Crippen molar-refractivity contribution in [2.45, 2.75) is 19.4 Å². The highest BCUT2D eigenvalue weighted by atomic mass is 16.6. The fraction of sp³-hybridized carbons (Fsp3) is 0.211. The molecular weight excluding hydrogens is 348 g/mol. The number of imide groups is 1. The molecule has 1 aromatic heterocycles. The topological polar surface area (TPSA) is 98.3 Å². The molecule has 1 unspecified atom stereocenters. The summed E-state index contributed by atoms with van der Waals surface area (Å²) < 4.78 is 1.90. The molecule has 1 aliphatic heterocycles. The maximum absolute atomic E-state index is 13.0. The third-order valence-electron chi connectivity index (χ3n) is 4.93. The van der Waals surface area contributed by atoms with Gasteiger partial charge < -0.3 is 4.57 Å². The zero-order chi connectivity index (χ0) is 19.1. The Bertz CT molecular complexity index is 1070. The fourth-order valence-corrected chi connectivity index (χ4v) is 3.45. The second-order valence-electron chi connectivity index (χ2n) is 6.56. The molecule has 3 aromatic rings. The quantitative estimate of drug-likeness (QED) is 0.393. The number of carbonyl (C=O) groups is 2. The number of non-ortho nitro benzene ring substituents is 1. The molecule has 0 N–H and O–H groups in total. The van der Waals surface area contributed by atoms with Crippen molar-refractivity contribution in [3.05, 3.63) is 70.3 Å². The summed E-state index contributed by atoms with van der Waals surface area (Å²) in [4.78, 5) is 41.7. The molecular formula is C19H16N4O4. The SMILES string of the molecule is CC(CCN1C(=O)c2cccc3cc([N+](=O)[O-])cc(c23)C1=O)n1ccnc1. The summed E-state index contributed by atoms with van der Waals surface area (Å²) in [5.74, 6) is -0.866. The summed E-state index contributed by atoms with van der Waals surface area (Å²) >= 11 is 0. The molecule has 8 heteroatoms. The number of carbonyl (C=O) groups excluding carboxylic acids is 2. The molecule has 2 aromatic carbocycles. The third-order valence-corrected chi connectivity index (χ3v) is 4.93. The molecule has 8 nitrogen and oxygen atoms in total. The normalized spacial score (nSPS) is 14.6. The van der Waals surface area contributed by atoms with Gasteiger partial charge in [-0.3, -0.25) is 24.6 Å². The Morgan fingerprint density at radius 3 is 2.67 bits per heavy atom. The maximum atomic E-state index is 13.0. The highest BCUT2D eigenvalue weighted by Crippen LogP contribution is 2.33. The summed E-state index contributed by atoms with van der Waals surface area (Å²) in [7, 11) is 0. The van der Waals surface area contributed by atoms with Gasteiger partial charge in [-0.05, 0) is 24.8 Å². The van der Waals surface area contributed by atoms with E-state index in [-0.39, 0.29) is 29.7 Å². The molecule has 0 aliphatic carbocycles. The van der Waals surface area contributed by atoms with Crippen molar-refractivity contribution in [1.82, 2.24) is 14.5 Å². The minimum atomic E-state index is -0.530. The Balaban J connectivity index is 1.71. The molecule has 0 spiro atoms. The summed E-state index contributed by atoms with van der Waals surface area (Å²) in [6.45, 7) is 2.19. The van der Waals surface area contributed by atoms with Crippen LogP contribution < -0.4 is 0 Å². The molecule has 0 radical (unpaired) electrons. The Morgan fingerprint density at radius 1 is 1.19 bits per heavy atom. The third kappa shape index (κ3) is 2.75. The highest BCUT2D eigenvalue weighted by Gasteiger charge is 2.34. The standard InChI is InChI=1S/C19H16N4O4/c1-12(21-8-6-20-11-21)5-7-22-18(24)15-4-2-3-13-9-14(23(26)27)10-16(17(13)15)19(22)25/h2-4,6,8-12H,5,7H2,1H3. The maximum Gasteiger partial charge on any atom is 0.270 e. The summed E-state index contributed by atoms with van der Waals surface area (Å²) in [5, 5.41) is 12.2. The molecule has 1 aliphatic rings. The van der Waals surface area contributed by atoms with E-state index in [0.29, 0.717) is 22.8 Å². The largest absolute Gasteiger partial charge is 0.335 e. The van der Waals surface area contributed by atoms with Gasteiger partial charge >= 0.3 is 0 Å². The van der Waals surface area contributed by atoms with Crippen LogP contribution in [-0.2, 0) is 0 Å². The Hall–Kier alpha value is -3.55. The number of nitro groups is 1. The van der Waals surface area contributed by atoms with Crippen LogP contribution in [0.1, 0.15) is 40.1 Å². The van der Waals surface area contributed by atoms with Crippen LogP contribution in [0.4, 0.5) is 5.69 Å². The first-order valence-electron chi connectivity index (χ1n) is 8.52. The predicted octanol–water partition coefficient (Wildman–Crippen LogP) is 3.19. The minimum Gasteiger partial charge on any atom is -0.335 e. The number of nitro benzene ring substituents is 1. The first-order chi connectivity index (χ1) is 13.0. The molecule has 2 amide bonds. The summed E-state index contributed by atoms with van der Waals surface area (Å²) in [5.41, 5.74) is 0.432. The molecule has 4 rings (SSSR count). The van der Waals surface area contributed by atoms with E-state index in [4.69, 9.17) is 0 Å². The zero-order valence-electron chi connectivity index (χ0n) is 14.5. The zero-order valence-corrected chi connectivity index (χ0v) is 14.5. The van der Waals surface area contributed by atoms with Crippen molar-refractivity contribution in [1.29, 1.82) is 0 Å². The molecule has 0 fully saturated rings. The molecule has 0 saturated heterocycles. The first kappa shape index (κ1) is 16.9. The van der Waals surface area contributed by atoms with Crippen LogP contribution in [-0.4, -0.2) is 37.7 Å². The van der Waals surface area contributed by atoms with Crippen molar-refractivity contribution < 1.29 is 14.5 Å². The van der Waals surface area contributed by atoms with E-state index in [1.54, 1.807) is 30.7 Å². The van der Waals surface area contributed by atoms with Gasteiger partial charge in [0.05, 0.1) is 16.8 Å².